The summed E-state index contributed by atoms with van der Waals surface area (Å²) in [5, 5.41) is 10.5. The molecule has 2 aromatic heterocycles. The number of nitrogens with zero attached hydrogens (tertiary/aromatic N) is 5. The highest BCUT2D eigenvalue weighted by atomic mass is 35.5. The Morgan fingerprint density at radius 2 is 1.93 bits per heavy atom. The Morgan fingerprint density at radius 3 is 2.58 bits per heavy atom. The lowest BCUT2D eigenvalue weighted by Crippen LogP contribution is -2.40. The van der Waals surface area contributed by atoms with E-state index in [9.17, 15) is 22.8 Å². The van der Waals surface area contributed by atoms with Crippen LogP contribution in [0.3, 0.4) is 0 Å². The van der Waals surface area contributed by atoms with Crippen molar-refractivity contribution in [3.63, 3.8) is 0 Å². The number of hydrogen-bond donors (Lipinski definition) is 2. The summed E-state index contributed by atoms with van der Waals surface area (Å²) in [6.07, 6.45) is 3.68. The van der Waals surface area contributed by atoms with Crippen molar-refractivity contribution in [2.24, 2.45) is 0 Å². The van der Waals surface area contributed by atoms with Crippen molar-refractivity contribution in [1.29, 1.82) is 0 Å². The maximum Gasteiger partial charge on any atom is 0.407 e. The van der Waals surface area contributed by atoms with Crippen LogP contribution in [0, 0.1) is 6.92 Å². The molecule has 13 nitrogen and oxygen atoms in total. The second-order valence-electron chi connectivity index (χ2n) is 12.3. The molecular formula is C30H40ClN7O6S. The van der Waals surface area contributed by atoms with Crippen LogP contribution >= 0.6 is 11.6 Å². The average Bonchev–Trinajstić information content (AvgIpc) is 3.53. The molecule has 15 heteroatoms. The van der Waals surface area contributed by atoms with Crippen LogP contribution in [0.4, 0.5) is 16.3 Å². The molecule has 2 N–H and O–H groups in total. The van der Waals surface area contributed by atoms with Crippen LogP contribution in [0.2, 0.25) is 5.02 Å². The van der Waals surface area contributed by atoms with E-state index in [0.29, 0.717) is 30.9 Å². The second kappa shape index (κ2) is 13.2. The van der Waals surface area contributed by atoms with Gasteiger partial charge in [-0.3, -0.25) is 9.59 Å². The van der Waals surface area contributed by atoms with E-state index in [1.807, 2.05) is 46.9 Å². The summed E-state index contributed by atoms with van der Waals surface area (Å²) in [7, 11) is -1.93. The Hall–Kier alpha value is -3.91. The molecule has 45 heavy (non-hydrogen) atoms. The number of hydrogen-bond acceptors (Lipinski definition) is 9. The third kappa shape index (κ3) is 8.63. The number of carbonyl (C=O) groups is 3. The molecule has 1 aliphatic heterocycles. The lowest BCUT2D eigenvalue weighted by Gasteiger charge is -2.27. The zero-order valence-electron chi connectivity index (χ0n) is 26.5. The lowest BCUT2D eigenvalue weighted by molar-refractivity contribution is -0.113. The molecule has 1 aliphatic rings. The highest BCUT2D eigenvalue weighted by Crippen LogP contribution is 2.30. The molecule has 0 unspecified atom stereocenters. The van der Waals surface area contributed by atoms with Crippen molar-refractivity contribution in [1.82, 2.24) is 24.8 Å². The molecule has 2 atom stereocenters. The van der Waals surface area contributed by atoms with Gasteiger partial charge >= 0.3 is 6.09 Å². The monoisotopic (exact) mass is 661 g/mol. The van der Waals surface area contributed by atoms with Crippen molar-refractivity contribution in [3.05, 3.63) is 52.3 Å². The van der Waals surface area contributed by atoms with Gasteiger partial charge in [0.1, 0.15) is 17.2 Å². The van der Waals surface area contributed by atoms with Gasteiger partial charge in [-0.05, 0) is 58.7 Å². The first-order valence-electron chi connectivity index (χ1n) is 14.6. The summed E-state index contributed by atoms with van der Waals surface area (Å²) < 4.78 is 30.3. The van der Waals surface area contributed by atoms with E-state index in [-0.39, 0.29) is 22.3 Å². The van der Waals surface area contributed by atoms with E-state index < -0.39 is 45.1 Å². The minimum Gasteiger partial charge on any atom is -0.444 e. The number of aryl methyl sites for hydroxylation is 1. The first-order valence-corrected chi connectivity index (χ1v) is 17.0. The second-order valence-corrected chi connectivity index (χ2v) is 14.9. The van der Waals surface area contributed by atoms with E-state index in [4.69, 9.17) is 26.4 Å². The van der Waals surface area contributed by atoms with Crippen LogP contribution in [-0.2, 0) is 19.4 Å². The number of amides is 3. The number of halogens is 1. The van der Waals surface area contributed by atoms with Gasteiger partial charge in [-0.15, -0.1) is 0 Å². The molecule has 3 heterocycles. The van der Waals surface area contributed by atoms with Crippen molar-refractivity contribution in [3.8, 4) is 0 Å². The largest absolute Gasteiger partial charge is 0.444 e. The van der Waals surface area contributed by atoms with Crippen LogP contribution in [0.15, 0.2) is 30.5 Å². The Bertz CT molecular complexity index is 1720. The van der Waals surface area contributed by atoms with Crippen molar-refractivity contribution >= 4 is 56.5 Å². The normalized spacial score (nSPS) is 16.0. The maximum atomic E-state index is 13.7. The van der Waals surface area contributed by atoms with Crippen LogP contribution in [0.5, 0.6) is 0 Å². The Balaban J connectivity index is 1.54. The minimum absolute atomic E-state index is 0.0746. The minimum atomic E-state index is -3.57. The van der Waals surface area contributed by atoms with Crippen LogP contribution in [0.25, 0.3) is 5.65 Å². The molecule has 3 aromatic rings. The number of ether oxygens (including phenoxy) is 1. The fourth-order valence-corrected chi connectivity index (χ4v) is 6.01. The molecule has 3 amide bonds. The zero-order chi connectivity index (χ0) is 33.3. The predicted molar refractivity (Wildman–Crippen MR) is 173 cm³/mol. The molecule has 0 spiro atoms. The van der Waals surface area contributed by atoms with Crippen LogP contribution in [-0.4, -0.2) is 89.6 Å². The predicted octanol–water partition coefficient (Wildman–Crippen LogP) is 4.00. The molecule has 244 valence electrons. The quantitative estimate of drug-likeness (QED) is 0.346. The first-order chi connectivity index (χ1) is 20.9. The number of alkyl carbamates (subject to hydrolysis) is 1. The molecule has 0 saturated carbocycles. The van der Waals surface area contributed by atoms with E-state index in [1.54, 1.807) is 11.6 Å². The summed E-state index contributed by atoms with van der Waals surface area (Å²) in [5.41, 5.74) is 1.82. The van der Waals surface area contributed by atoms with E-state index in [1.165, 1.54) is 23.1 Å². The number of benzene rings is 1. The summed E-state index contributed by atoms with van der Waals surface area (Å²) in [6, 6.07) is 5.72. The summed E-state index contributed by atoms with van der Waals surface area (Å²) in [5.74, 6) is -1.12. The highest BCUT2D eigenvalue weighted by Gasteiger charge is 2.30. The number of nitrogens with one attached hydrogen (secondary N) is 2. The fraction of sp³-hybridized carbons (Fsp3) is 0.500. The van der Waals surface area contributed by atoms with Crippen molar-refractivity contribution in [2.45, 2.75) is 65.1 Å². The lowest BCUT2D eigenvalue weighted by atomic mass is 10.1. The van der Waals surface area contributed by atoms with Gasteiger partial charge in [0.2, 0.25) is 5.91 Å². The number of rotatable bonds is 9. The molecule has 0 bridgehead atoms. The SMILES string of the molecule is CC[C@@H](c1cc2nc(N3CC[C@H](NC(=O)OC(C)(C)C)C3)c(C)cn2n1)N(C)C(=O)c1cc(Cl)ccc1NC(=O)CS(C)(=O)=O. The number of aromatic nitrogens is 3. The Kier molecular flexibility index (Phi) is 9.98. The third-order valence-electron chi connectivity index (χ3n) is 7.23. The molecule has 4 rings (SSSR count). The van der Waals surface area contributed by atoms with Gasteiger partial charge in [-0.1, -0.05) is 18.5 Å². The number of sulfone groups is 1. The van der Waals surface area contributed by atoms with Gasteiger partial charge in [0, 0.05) is 49.2 Å². The van der Waals surface area contributed by atoms with E-state index in [2.05, 4.69) is 15.5 Å². The Labute approximate surface area is 268 Å². The maximum absolute atomic E-state index is 13.7. The van der Waals surface area contributed by atoms with Crippen molar-refractivity contribution < 1.29 is 27.5 Å². The third-order valence-corrected chi connectivity index (χ3v) is 8.25. The Morgan fingerprint density at radius 1 is 1.22 bits per heavy atom. The summed E-state index contributed by atoms with van der Waals surface area (Å²) in [6.45, 7) is 10.6. The number of carbonyl (C=O) groups excluding carboxylic acids is 3. The van der Waals surface area contributed by atoms with Crippen molar-refractivity contribution in [2.75, 3.05) is 42.4 Å². The first kappa shape index (κ1) is 34.0. The number of fused-ring (bicyclic) bond motifs is 1. The average molecular weight is 662 g/mol. The van der Waals surface area contributed by atoms with Gasteiger partial charge in [-0.25, -0.2) is 22.7 Å². The van der Waals surface area contributed by atoms with E-state index >= 15 is 0 Å². The summed E-state index contributed by atoms with van der Waals surface area (Å²) >= 11 is 6.20. The molecular weight excluding hydrogens is 622 g/mol. The molecule has 0 aliphatic carbocycles. The summed E-state index contributed by atoms with van der Waals surface area (Å²) in [4.78, 5) is 46.9. The van der Waals surface area contributed by atoms with Gasteiger partial charge in [0.05, 0.1) is 29.0 Å². The smallest absolute Gasteiger partial charge is 0.407 e. The number of anilines is 2. The highest BCUT2D eigenvalue weighted by molar-refractivity contribution is 7.91. The molecule has 0 radical (unpaired) electrons. The zero-order valence-corrected chi connectivity index (χ0v) is 28.1. The van der Waals surface area contributed by atoms with Crippen LogP contribution in [0.1, 0.15) is 68.2 Å². The van der Waals surface area contributed by atoms with E-state index in [0.717, 1.165) is 24.1 Å². The van der Waals surface area contributed by atoms with Gasteiger partial charge in [-0.2, -0.15) is 5.10 Å². The topological polar surface area (TPSA) is 155 Å². The molecule has 1 fully saturated rings. The fourth-order valence-electron chi connectivity index (χ4n) is 5.29. The van der Waals surface area contributed by atoms with Gasteiger partial charge in [0.15, 0.2) is 15.5 Å². The van der Waals surface area contributed by atoms with Crippen LogP contribution < -0.4 is 15.5 Å². The molecule has 1 aromatic carbocycles. The van der Waals surface area contributed by atoms with Gasteiger partial charge in [0.25, 0.3) is 5.91 Å². The standard InChI is InChI=1S/C30H40ClN7O6S/c1-8-24(36(6)28(40)21-13-19(31)9-10-22(21)33-26(39)17-45(7,42)43)23-14-25-34-27(18(2)15-38(25)35-23)37-12-11-20(16-37)32-29(41)44-30(3,4)5/h9-10,13-15,20,24H,8,11-12,16-17H2,1-7H3,(H,32,41)(H,33,39)/t20-,24-/m0/s1. The molecule has 1 saturated heterocycles. The van der Waals surface area contributed by atoms with Gasteiger partial charge < -0.3 is 25.2 Å².